The Morgan fingerprint density at radius 2 is 2.12 bits per heavy atom. The molecule has 2 rings (SSSR count). The molecule has 2 N–H and O–H groups in total. The number of aromatic nitrogens is 1. The number of hydrogen-bond acceptors (Lipinski definition) is 1. The molecule has 1 aromatic heterocycles. The van der Waals surface area contributed by atoms with E-state index in [1.807, 2.05) is 0 Å². The van der Waals surface area contributed by atoms with Crippen LogP contribution in [0.2, 0.25) is 0 Å². The second-order valence-electron chi connectivity index (χ2n) is 3.62. The number of halogens is 2. The third kappa shape index (κ3) is 1.54. The number of rotatable bonds is 2. The summed E-state index contributed by atoms with van der Waals surface area (Å²) in [7, 11) is 0. The summed E-state index contributed by atoms with van der Waals surface area (Å²) in [4.78, 5) is 13.6. The second kappa shape index (κ2) is 3.30. The van der Waals surface area contributed by atoms with Crippen molar-refractivity contribution in [3.63, 3.8) is 0 Å². The molecule has 0 atom stereocenters. The Hall–Kier alpha value is -1.91. The molecule has 0 aliphatic carbocycles. The number of nitrogens with one attached hydrogen (secondary N) is 1. The standard InChI is InChI=1S/C11H9F2NO2/c1-11(12,13)7-5-14-8-4-2-3-6(9(7)8)10(15)16/h2-5,14H,1H3,(H,15,16). The summed E-state index contributed by atoms with van der Waals surface area (Å²) in [6.45, 7) is 0.744. The fraction of sp³-hybridized carbons (Fsp3) is 0.182. The van der Waals surface area contributed by atoms with Crippen LogP contribution in [-0.2, 0) is 5.92 Å². The van der Waals surface area contributed by atoms with Crippen molar-refractivity contribution in [2.75, 3.05) is 0 Å². The third-order valence-electron chi connectivity index (χ3n) is 2.41. The first-order chi connectivity index (χ1) is 7.41. The number of carbonyl (C=O) groups is 1. The highest BCUT2D eigenvalue weighted by molar-refractivity contribution is 6.04. The van der Waals surface area contributed by atoms with E-state index in [0.29, 0.717) is 5.52 Å². The van der Waals surface area contributed by atoms with Crippen LogP contribution in [0.5, 0.6) is 0 Å². The maximum atomic E-state index is 13.2. The van der Waals surface area contributed by atoms with E-state index in [1.165, 1.54) is 12.1 Å². The summed E-state index contributed by atoms with van der Waals surface area (Å²) in [5, 5.41) is 9.00. The van der Waals surface area contributed by atoms with Crippen LogP contribution in [0.1, 0.15) is 22.8 Å². The van der Waals surface area contributed by atoms with Crippen LogP contribution in [-0.4, -0.2) is 16.1 Å². The van der Waals surface area contributed by atoms with Crippen LogP contribution in [0, 0.1) is 0 Å². The predicted octanol–water partition coefficient (Wildman–Crippen LogP) is 2.98. The van der Waals surface area contributed by atoms with Crippen molar-refractivity contribution in [1.82, 2.24) is 4.98 Å². The van der Waals surface area contributed by atoms with E-state index in [-0.39, 0.29) is 16.5 Å². The molecule has 0 spiro atoms. The van der Waals surface area contributed by atoms with Gasteiger partial charge in [-0.1, -0.05) is 6.07 Å². The maximum Gasteiger partial charge on any atom is 0.336 e. The van der Waals surface area contributed by atoms with Crippen LogP contribution in [0.3, 0.4) is 0 Å². The van der Waals surface area contributed by atoms with E-state index in [2.05, 4.69) is 4.98 Å². The van der Waals surface area contributed by atoms with Gasteiger partial charge in [0, 0.05) is 29.6 Å². The van der Waals surface area contributed by atoms with Crippen molar-refractivity contribution in [3.05, 3.63) is 35.5 Å². The largest absolute Gasteiger partial charge is 0.478 e. The SMILES string of the molecule is CC(F)(F)c1c[nH]c2cccc(C(=O)O)c12. The van der Waals surface area contributed by atoms with Gasteiger partial charge in [-0.2, -0.15) is 0 Å². The Morgan fingerprint density at radius 1 is 1.44 bits per heavy atom. The van der Waals surface area contributed by atoms with Gasteiger partial charge < -0.3 is 10.1 Å². The molecule has 0 aliphatic rings. The molecule has 1 aromatic carbocycles. The van der Waals surface area contributed by atoms with Crippen molar-refractivity contribution >= 4 is 16.9 Å². The summed E-state index contributed by atoms with van der Waals surface area (Å²) >= 11 is 0. The average molecular weight is 225 g/mol. The van der Waals surface area contributed by atoms with Gasteiger partial charge in [0.25, 0.3) is 5.92 Å². The zero-order chi connectivity index (χ0) is 11.9. The summed E-state index contributed by atoms with van der Waals surface area (Å²) in [6.07, 6.45) is 1.15. The fourth-order valence-electron chi connectivity index (χ4n) is 1.71. The van der Waals surface area contributed by atoms with E-state index in [1.54, 1.807) is 6.07 Å². The Balaban J connectivity index is 2.83. The lowest BCUT2D eigenvalue weighted by Gasteiger charge is -2.09. The summed E-state index contributed by atoms with van der Waals surface area (Å²) in [5.74, 6) is -4.28. The molecule has 0 saturated heterocycles. The molecule has 16 heavy (non-hydrogen) atoms. The lowest BCUT2D eigenvalue weighted by molar-refractivity contribution is 0.0191. The van der Waals surface area contributed by atoms with Crippen molar-refractivity contribution in [1.29, 1.82) is 0 Å². The molecule has 3 nitrogen and oxygen atoms in total. The van der Waals surface area contributed by atoms with E-state index in [9.17, 15) is 13.6 Å². The Bertz CT molecular complexity index is 555. The van der Waals surface area contributed by atoms with Crippen LogP contribution in [0.25, 0.3) is 10.9 Å². The van der Waals surface area contributed by atoms with Crippen LogP contribution < -0.4 is 0 Å². The number of carboxylic acids is 1. The average Bonchev–Trinajstić information content (AvgIpc) is 2.59. The minimum Gasteiger partial charge on any atom is -0.478 e. The van der Waals surface area contributed by atoms with Gasteiger partial charge in [-0.15, -0.1) is 0 Å². The molecule has 1 heterocycles. The van der Waals surface area contributed by atoms with Gasteiger partial charge in [0.05, 0.1) is 5.56 Å². The second-order valence-corrected chi connectivity index (χ2v) is 3.62. The Kier molecular flexibility index (Phi) is 2.18. The van der Waals surface area contributed by atoms with E-state index < -0.39 is 11.9 Å². The number of carboxylic acid groups (broad SMARTS) is 1. The smallest absolute Gasteiger partial charge is 0.336 e. The first kappa shape index (κ1) is 10.6. The predicted molar refractivity (Wildman–Crippen MR) is 54.8 cm³/mol. The molecule has 0 amide bonds. The van der Waals surface area contributed by atoms with Crippen molar-refractivity contribution < 1.29 is 18.7 Å². The van der Waals surface area contributed by atoms with Gasteiger partial charge in [0.15, 0.2) is 0 Å². The monoisotopic (exact) mass is 225 g/mol. The van der Waals surface area contributed by atoms with Gasteiger partial charge in [-0.3, -0.25) is 0 Å². The topological polar surface area (TPSA) is 53.1 Å². The summed E-state index contributed by atoms with van der Waals surface area (Å²) < 4.78 is 26.5. The number of fused-ring (bicyclic) bond motifs is 1. The Morgan fingerprint density at radius 3 is 2.69 bits per heavy atom. The lowest BCUT2D eigenvalue weighted by Crippen LogP contribution is -2.08. The minimum atomic E-state index is -3.07. The fourth-order valence-corrected chi connectivity index (χ4v) is 1.71. The van der Waals surface area contributed by atoms with Gasteiger partial charge in [0.1, 0.15) is 0 Å². The highest BCUT2D eigenvalue weighted by Crippen LogP contribution is 2.34. The molecular weight excluding hydrogens is 216 g/mol. The maximum absolute atomic E-state index is 13.2. The molecule has 0 bridgehead atoms. The zero-order valence-corrected chi connectivity index (χ0v) is 8.42. The Labute approximate surface area is 89.7 Å². The van der Waals surface area contributed by atoms with E-state index in [0.717, 1.165) is 13.1 Å². The first-order valence-electron chi connectivity index (χ1n) is 4.63. The van der Waals surface area contributed by atoms with Gasteiger partial charge in [-0.25, -0.2) is 13.6 Å². The molecule has 0 saturated carbocycles. The number of H-pyrrole nitrogens is 1. The molecule has 0 fully saturated rings. The number of hydrogen-bond donors (Lipinski definition) is 2. The molecule has 0 radical (unpaired) electrons. The quantitative estimate of drug-likeness (QED) is 0.825. The van der Waals surface area contributed by atoms with Crippen molar-refractivity contribution in [2.24, 2.45) is 0 Å². The molecular formula is C11H9F2NO2. The third-order valence-corrected chi connectivity index (χ3v) is 2.41. The molecule has 2 aromatic rings. The van der Waals surface area contributed by atoms with E-state index >= 15 is 0 Å². The molecule has 84 valence electrons. The number of alkyl halides is 2. The highest BCUT2D eigenvalue weighted by atomic mass is 19.3. The normalized spacial score (nSPS) is 11.9. The summed E-state index contributed by atoms with van der Waals surface area (Å²) in [5.41, 5.74) is -0.00722. The lowest BCUT2D eigenvalue weighted by atomic mass is 10.0. The van der Waals surface area contributed by atoms with Crippen LogP contribution >= 0.6 is 0 Å². The number of aromatic carboxylic acids is 1. The highest BCUT2D eigenvalue weighted by Gasteiger charge is 2.29. The molecule has 0 aliphatic heterocycles. The van der Waals surface area contributed by atoms with Crippen molar-refractivity contribution in [3.8, 4) is 0 Å². The summed E-state index contributed by atoms with van der Waals surface area (Å²) in [6, 6.07) is 4.39. The van der Waals surface area contributed by atoms with Crippen molar-refractivity contribution in [2.45, 2.75) is 12.8 Å². The van der Waals surface area contributed by atoms with Crippen LogP contribution in [0.15, 0.2) is 24.4 Å². The molecule has 0 unspecified atom stereocenters. The van der Waals surface area contributed by atoms with Gasteiger partial charge in [0.2, 0.25) is 0 Å². The number of benzene rings is 1. The first-order valence-corrected chi connectivity index (χ1v) is 4.63. The van der Waals surface area contributed by atoms with Gasteiger partial charge in [-0.05, 0) is 12.1 Å². The van der Waals surface area contributed by atoms with E-state index in [4.69, 9.17) is 5.11 Å². The molecule has 5 heteroatoms. The van der Waals surface area contributed by atoms with Gasteiger partial charge >= 0.3 is 5.97 Å². The number of aromatic amines is 1. The van der Waals surface area contributed by atoms with Crippen LogP contribution in [0.4, 0.5) is 8.78 Å². The minimum absolute atomic E-state index is 0.0718. The zero-order valence-electron chi connectivity index (χ0n) is 8.42.